The number of rotatable bonds is 2. The third kappa shape index (κ3) is 1.84. The Labute approximate surface area is 106 Å². The average molecular weight is 266 g/mol. The van der Waals surface area contributed by atoms with Crippen molar-refractivity contribution in [2.75, 3.05) is 13.4 Å². The van der Waals surface area contributed by atoms with Crippen LogP contribution in [0.3, 0.4) is 0 Å². The predicted molar refractivity (Wildman–Crippen MR) is 65.5 cm³/mol. The number of phenols is 1. The predicted octanol–water partition coefficient (Wildman–Crippen LogP) is 1.04. The number of carbonyl (C=O) groups excluding carboxylic acids is 2. The van der Waals surface area contributed by atoms with Gasteiger partial charge in [0.1, 0.15) is 11.5 Å². The van der Waals surface area contributed by atoms with Gasteiger partial charge in [-0.25, -0.2) is 0 Å². The first-order chi connectivity index (χ1) is 8.45. The molecule has 0 radical (unpaired) electrons. The van der Waals surface area contributed by atoms with Gasteiger partial charge in [0.25, 0.3) is 0 Å². The van der Waals surface area contributed by atoms with Crippen molar-refractivity contribution in [1.29, 1.82) is 0 Å². The highest BCUT2D eigenvalue weighted by Crippen LogP contribution is 2.33. The van der Waals surface area contributed by atoms with Crippen LogP contribution in [0.4, 0.5) is 0 Å². The number of hydrogen-bond acceptors (Lipinski definition) is 5. The summed E-state index contributed by atoms with van der Waals surface area (Å²) in [7, 11) is -0.220. The Morgan fingerprint density at radius 1 is 1.28 bits per heavy atom. The number of aromatic hydroxyl groups is 1. The van der Waals surface area contributed by atoms with Gasteiger partial charge in [-0.05, 0) is 6.07 Å². The second kappa shape index (κ2) is 4.38. The van der Waals surface area contributed by atoms with E-state index in [0.717, 1.165) is 6.08 Å². The smallest absolute Gasteiger partial charge is 0.203 e. The lowest BCUT2D eigenvalue weighted by Gasteiger charge is -2.16. The van der Waals surface area contributed by atoms with Gasteiger partial charge in [0.15, 0.2) is 5.78 Å². The van der Waals surface area contributed by atoms with E-state index in [0.29, 0.717) is 0 Å². The highest BCUT2D eigenvalue weighted by Gasteiger charge is 2.30. The highest BCUT2D eigenvalue weighted by molar-refractivity contribution is 7.89. The van der Waals surface area contributed by atoms with Gasteiger partial charge in [0, 0.05) is 24.0 Å². The summed E-state index contributed by atoms with van der Waals surface area (Å²) in [6, 6.07) is 2.43. The lowest BCUT2D eigenvalue weighted by molar-refractivity contribution is 0.0988. The fourth-order valence-corrected chi connectivity index (χ4v) is 2.44. The molecule has 0 saturated heterocycles. The van der Waals surface area contributed by atoms with Crippen molar-refractivity contribution in [1.82, 2.24) is 0 Å². The number of methoxy groups -OCH3 is 1. The van der Waals surface area contributed by atoms with E-state index in [1.807, 2.05) is 0 Å². The van der Waals surface area contributed by atoms with E-state index in [2.05, 4.69) is 0 Å². The summed E-state index contributed by atoms with van der Waals surface area (Å²) in [6.45, 7) is 0. The van der Waals surface area contributed by atoms with E-state index >= 15 is 0 Å². The fraction of sp³-hybridized carbons (Fsp3) is 0.167. The molecule has 18 heavy (non-hydrogen) atoms. The molecule has 1 unspecified atom stereocenters. The van der Waals surface area contributed by atoms with Crippen molar-refractivity contribution >= 4 is 22.4 Å². The van der Waals surface area contributed by atoms with E-state index in [1.165, 1.54) is 25.5 Å². The molecule has 0 bridgehead atoms. The Bertz CT molecular complexity index is 615. The first-order valence-electron chi connectivity index (χ1n) is 5.01. The molecule has 1 aromatic carbocycles. The molecule has 0 heterocycles. The number of ketones is 2. The zero-order valence-corrected chi connectivity index (χ0v) is 10.5. The molecule has 0 fully saturated rings. The van der Waals surface area contributed by atoms with Gasteiger partial charge in [0.05, 0.1) is 28.4 Å². The Kier molecular flexibility index (Phi) is 3.04. The normalized spacial score (nSPS) is 16.0. The topological polar surface area (TPSA) is 80.7 Å². The number of fused-ring (bicyclic) bond motifs is 1. The minimum atomic E-state index is -1.56. The summed E-state index contributed by atoms with van der Waals surface area (Å²) in [4.78, 5) is 23.9. The zero-order chi connectivity index (χ0) is 13.4. The maximum Gasteiger partial charge on any atom is 0.203 e. The largest absolute Gasteiger partial charge is 0.508 e. The summed E-state index contributed by atoms with van der Waals surface area (Å²) < 4.78 is 16.3. The van der Waals surface area contributed by atoms with Crippen LogP contribution < -0.4 is 4.74 Å². The summed E-state index contributed by atoms with van der Waals surface area (Å²) in [5, 5.41) is 9.49. The zero-order valence-electron chi connectivity index (χ0n) is 9.72. The van der Waals surface area contributed by atoms with Crippen molar-refractivity contribution < 1.29 is 23.6 Å². The van der Waals surface area contributed by atoms with Crippen LogP contribution in [0.2, 0.25) is 0 Å². The maximum atomic E-state index is 12.0. The molecule has 1 aliphatic rings. The molecule has 5 nitrogen and oxygen atoms in total. The van der Waals surface area contributed by atoms with Crippen LogP contribution in [0, 0.1) is 0 Å². The van der Waals surface area contributed by atoms with Crippen LogP contribution in [-0.4, -0.2) is 34.2 Å². The van der Waals surface area contributed by atoms with Gasteiger partial charge in [0.2, 0.25) is 5.78 Å². The summed E-state index contributed by atoms with van der Waals surface area (Å²) in [5.41, 5.74) is 0.110. The molecule has 0 aromatic heterocycles. The standard InChI is InChI=1S/C12H10O5S/c1-17-9-4-6(13)3-7-11(9)8(14)5-10(12(7)15)18(2)16/h3-5,13H,1-2H3. The Balaban J connectivity index is 2.72. The van der Waals surface area contributed by atoms with Crippen molar-refractivity contribution in [2.24, 2.45) is 0 Å². The Morgan fingerprint density at radius 2 is 1.94 bits per heavy atom. The van der Waals surface area contributed by atoms with E-state index in [9.17, 15) is 18.9 Å². The number of Topliss-reactive ketones (excluding diaryl/α,β-unsaturated/α-hetero) is 1. The summed E-state index contributed by atoms with van der Waals surface area (Å²) >= 11 is 0. The molecule has 2 rings (SSSR count). The van der Waals surface area contributed by atoms with Gasteiger partial charge in [-0.1, -0.05) is 0 Å². The van der Waals surface area contributed by atoms with Crippen molar-refractivity contribution in [3.05, 3.63) is 34.2 Å². The number of hydrogen-bond donors (Lipinski definition) is 1. The molecule has 1 N–H and O–H groups in total. The minimum absolute atomic E-state index is 0.0181. The fourth-order valence-electron chi connectivity index (χ4n) is 1.80. The van der Waals surface area contributed by atoms with Crippen LogP contribution in [0.5, 0.6) is 11.5 Å². The van der Waals surface area contributed by atoms with Gasteiger partial charge < -0.3 is 9.84 Å². The summed E-state index contributed by atoms with van der Waals surface area (Å²) in [6.07, 6.45) is 2.38. The molecule has 94 valence electrons. The number of allylic oxidation sites excluding steroid dienone is 2. The molecule has 0 amide bonds. The van der Waals surface area contributed by atoms with Crippen LogP contribution in [-0.2, 0) is 10.8 Å². The van der Waals surface area contributed by atoms with Crippen LogP contribution in [0.1, 0.15) is 20.7 Å². The van der Waals surface area contributed by atoms with Crippen molar-refractivity contribution in [3.8, 4) is 11.5 Å². The third-order valence-electron chi connectivity index (χ3n) is 2.59. The van der Waals surface area contributed by atoms with Crippen LogP contribution >= 0.6 is 0 Å². The third-order valence-corrected chi connectivity index (χ3v) is 3.52. The second-order valence-corrected chi connectivity index (χ2v) is 5.07. The van der Waals surface area contributed by atoms with Gasteiger partial charge in [-0.3, -0.25) is 13.8 Å². The van der Waals surface area contributed by atoms with Gasteiger partial charge in [-0.15, -0.1) is 0 Å². The van der Waals surface area contributed by atoms with E-state index in [-0.39, 0.29) is 27.5 Å². The Hall–Kier alpha value is -1.95. The molecule has 1 aromatic rings. The van der Waals surface area contributed by atoms with Crippen LogP contribution in [0.25, 0.3) is 0 Å². The Morgan fingerprint density at radius 3 is 2.50 bits per heavy atom. The second-order valence-electron chi connectivity index (χ2n) is 3.73. The van der Waals surface area contributed by atoms with Crippen molar-refractivity contribution in [2.45, 2.75) is 0 Å². The van der Waals surface area contributed by atoms with Crippen molar-refractivity contribution in [3.63, 3.8) is 0 Å². The molecule has 0 spiro atoms. The highest BCUT2D eigenvalue weighted by atomic mass is 32.2. The number of phenolic OH excluding ortho intramolecular Hbond substituents is 1. The van der Waals surface area contributed by atoms with E-state index < -0.39 is 22.4 Å². The lowest BCUT2D eigenvalue weighted by Crippen LogP contribution is -2.20. The molecule has 0 saturated carbocycles. The quantitative estimate of drug-likeness (QED) is 0.865. The number of benzene rings is 1. The number of carbonyl (C=O) groups is 2. The molecular weight excluding hydrogens is 256 g/mol. The molecular formula is C12H10O5S. The minimum Gasteiger partial charge on any atom is -0.508 e. The molecule has 1 atom stereocenters. The molecule has 1 aliphatic carbocycles. The van der Waals surface area contributed by atoms with E-state index in [4.69, 9.17) is 4.74 Å². The summed E-state index contributed by atoms with van der Waals surface area (Å²) in [5.74, 6) is -1.04. The first kappa shape index (κ1) is 12.5. The van der Waals surface area contributed by atoms with E-state index in [1.54, 1.807) is 0 Å². The number of ether oxygens (including phenoxy) is 1. The average Bonchev–Trinajstić information content (AvgIpc) is 2.32. The lowest BCUT2D eigenvalue weighted by atomic mass is 9.93. The molecule has 6 heteroatoms. The molecule has 0 aliphatic heterocycles. The van der Waals surface area contributed by atoms with Gasteiger partial charge in [-0.2, -0.15) is 0 Å². The SMILES string of the molecule is COc1cc(O)cc2c1C(=O)C=C(S(C)=O)C2=O. The van der Waals surface area contributed by atoms with Gasteiger partial charge >= 0.3 is 0 Å². The maximum absolute atomic E-state index is 12.0. The first-order valence-corrected chi connectivity index (χ1v) is 6.56. The monoisotopic (exact) mass is 266 g/mol. The van der Waals surface area contributed by atoms with Crippen LogP contribution in [0.15, 0.2) is 23.1 Å².